The molecule has 0 aromatic heterocycles. The van der Waals surface area contributed by atoms with E-state index in [1.807, 2.05) is 25.6 Å². The number of thioether (sulfide) groups is 1. The van der Waals surface area contributed by atoms with Gasteiger partial charge in [0.15, 0.2) is 0 Å². The van der Waals surface area contributed by atoms with E-state index in [1.165, 1.54) is 24.3 Å². The van der Waals surface area contributed by atoms with Gasteiger partial charge in [0.2, 0.25) is 0 Å². The second kappa shape index (κ2) is 11.6. The average molecular weight is 289 g/mol. The van der Waals surface area contributed by atoms with Crippen molar-refractivity contribution in [1.82, 2.24) is 5.32 Å². The van der Waals surface area contributed by atoms with Crippen molar-refractivity contribution in [2.75, 3.05) is 24.7 Å². The highest BCUT2D eigenvalue weighted by atomic mass is 32.2. The first-order valence-electron chi connectivity index (χ1n) is 7.60. The molecule has 1 unspecified atom stereocenters. The van der Waals surface area contributed by atoms with Gasteiger partial charge in [-0.3, -0.25) is 4.79 Å². The molecule has 0 heterocycles. The van der Waals surface area contributed by atoms with Crippen molar-refractivity contribution in [1.29, 1.82) is 0 Å². The molecule has 0 rings (SSSR count). The summed E-state index contributed by atoms with van der Waals surface area (Å²) in [6, 6.07) is 0. The van der Waals surface area contributed by atoms with Gasteiger partial charge in [0.25, 0.3) is 0 Å². The number of nitrogens with one attached hydrogen (secondary N) is 1. The highest BCUT2D eigenvalue weighted by Crippen LogP contribution is 2.18. The minimum Gasteiger partial charge on any atom is -0.465 e. The zero-order chi connectivity index (χ0) is 14.6. The number of ether oxygens (including phenoxy) is 1. The summed E-state index contributed by atoms with van der Waals surface area (Å²) in [5, 5.41) is 3.35. The highest BCUT2D eigenvalue weighted by molar-refractivity contribution is 7.99. The molecule has 0 aromatic rings. The molecule has 0 aliphatic heterocycles. The highest BCUT2D eigenvalue weighted by Gasteiger charge is 2.33. The summed E-state index contributed by atoms with van der Waals surface area (Å²) in [5.41, 5.74) is -0.512. The molecule has 0 fully saturated rings. The zero-order valence-corrected chi connectivity index (χ0v) is 13.9. The smallest absolute Gasteiger partial charge is 0.326 e. The van der Waals surface area contributed by atoms with Crippen LogP contribution in [0.15, 0.2) is 0 Å². The zero-order valence-electron chi connectivity index (χ0n) is 13.1. The van der Waals surface area contributed by atoms with Gasteiger partial charge < -0.3 is 10.1 Å². The normalized spacial score (nSPS) is 14.1. The summed E-state index contributed by atoms with van der Waals surface area (Å²) in [5.74, 6) is 2.33. The molecule has 1 atom stereocenters. The second-order valence-electron chi connectivity index (χ2n) is 5.05. The maximum Gasteiger partial charge on any atom is 0.326 e. The Morgan fingerprint density at radius 2 is 1.89 bits per heavy atom. The number of unbranched alkanes of at least 4 members (excludes halogenated alkanes) is 1. The first-order chi connectivity index (χ1) is 9.10. The fourth-order valence-electron chi connectivity index (χ4n) is 1.88. The molecule has 0 bridgehead atoms. The Hall–Kier alpha value is -0.220. The van der Waals surface area contributed by atoms with Gasteiger partial charge in [-0.25, -0.2) is 0 Å². The third-order valence-electron chi connectivity index (χ3n) is 3.06. The quantitative estimate of drug-likeness (QED) is 0.440. The van der Waals surface area contributed by atoms with Crippen LogP contribution in [0.25, 0.3) is 0 Å². The fourth-order valence-corrected chi connectivity index (χ4v) is 2.78. The third kappa shape index (κ3) is 8.53. The Labute approximate surface area is 123 Å². The van der Waals surface area contributed by atoms with E-state index < -0.39 is 5.54 Å². The molecule has 114 valence electrons. The summed E-state index contributed by atoms with van der Waals surface area (Å²) in [4.78, 5) is 12.0. The SMILES string of the molecule is CCCNC(C)(CCCCSCCC)C(=O)OCC. The Morgan fingerprint density at radius 1 is 1.16 bits per heavy atom. The maximum absolute atomic E-state index is 12.0. The molecule has 0 radical (unpaired) electrons. The molecular weight excluding hydrogens is 258 g/mol. The summed E-state index contributed by atoms with van der Waals surface area (Å²) in [6.45, 7) is 9.47. The first-order valence-corrected chi connectivity index (χ1v) is 8.76. The molecule has 0 aromatic carbocycles. The van der Waals surface area contributed by atoms with Crippen molar-refractivity contribution >= 4 is 17.7 Å². The van der Waals surface area contributed by atoms with E-state index in [9.17, 15) is 4.79 Å². The topological polar surface area (TPSA) is 38.3 Å². The Kier molecular flexibility index (Phi) is 11.5. The van der Waals surface area contributed by atoms with Crippen LogP contribution >= 0.6 is 11.8 Å². The molecular formula is C15H31NO2S. The predicted octanol–water partition coefficient (Wildman–Crippen LogP) is 3.62. The van der Waals surface area contributed by atoms with Gasteiger partial charge in [0.1, 0.15) is 5.54 Å². The van der Waals surface area contributed by atoms with E-state index in [-0.39, 0.29) is 5.97 Å². The molecule has 0 amide bonds. The average Bonchev–Trinajstić information content (AvgIpc) is 2.40. The molecule has 0 aliphatic carbocycles. The van der Waals surface area contributed by atoms with Gasteiger partial charge in [-0.2, -0.15) is 11.8 Å². The first kappa shape index (κ1) is 18.8. The summed E-state index contributed by atoms with van der Waals surface area (Å²) < 4.78 is 5.19. The van der Waals surface area contributed by atoms with E-state index >= 15 is 0 Å². The van der Waals surface area contributed by atoms with E-state index in [2.05, 4.69) is 19.2 Å². The number of rotatable bonds is 12. The molecule has 0 spiro atoms. The van der Waals surface area contributed by atoms with E-state index in [0.29, 0.717) is 6.61 Å². The van der Waals surface area contributed by atoms with Crippen LogP contribution in [-0.4, -0.2) is 36.2 Å². The number of hydrogen-bond donors (Lipinski definition) is 1. The number of hydrogen-bond acceptors (Lipinski definition) is 4. The third-order valence-corrected chi connectivity index (χ3v) is 4.33. The van der Waals surface area contributed by atoms with E-state index in [1.54, 1.807) is 0 Å². The standard InChI is InChI=1S/C15H31NO2S/c1-5-11-16-15(4,14(17)18-7-3)10-8-9-13-19-12-6-2/h16H,5-13H2,1-4H3. The van der Waals surface area contributed by atoms with Gasteiger partial charge in [-0.05, 0) is 57.6 Å². The van der Waals surface area contributed by atoms with Gasteiger partial charge in [-0.1, -0.05) is 20.3 Å². The van der Waals surface area contributed by atoms with Crippen LogP contribution in [0.4, 0.5) is 0 Å². The molecule has 0 aliphatic rings. The Bertz CT molecular complexity index is 236. The van der Waals surface area contributed by atoms with Gasteiger partial charge in [0.05, 0.1) is 6.61 Å². The van der Waals surface area contributed by atoms with Crippen molar-refractivity contribution in [3.63, 3.8) is 0 Å². The number of carbonyl (C=O) groups excluding carboxylic acids is 1. The lowest BCUT2D eigenvalue weighted by molar-refractivity contribution is -0.150. The van der Waals surface area contributed by atoms with Crippen LogP contribution in [0.5, 0.6) is 0 Å². The Balaban J connectivity index is 4.08. The largest absolute Gasteiger partial charge is 0.465 e. The van der Waals surface area contributed by atoms with Gasteiger partial charge in [-0.15, -0.1) is 0 Å². The van der Waals surface area contributed by atoms with Gasteiger partial charge in [0, 0.05) is 0 Å². The summed E-state index contributed by atoms with van der Waals surface area (Å²) in [6.07, 6.45) is 5.37. The van der Waals surface area contributed by atoms with Crippen molar-refractivity contribution in [2.24, 2.45) is 0 Å². The van der Waals surface area contributed by atoms with E-state index in [4.69, 9.17) is 4.74 Å². The van der Waals surface area contributed by atoms with Crippen LogP contribution in [0.3, 0.4) is 0 Å². The lowest BCUT2D eigenvalue weighted by Crippen LogP contribution is -2.50. The summed E-state index contributed by atoms with van der Waals surface area (Å²) in [7, 11) is 0. The lowest BCUT2D eigenvalue weighted by atomic mass is 9.95. The summed E-state index contributed by atoms with van der Waals surface area (Å²) >= 11 is 2.00. The number of esters is 1. The Morgan fingerprint density at radius 3 is 2.47 bits per heavy atom. The minimum absolute atomic E-state index is 0.107. The van der Waals surface area contributed by atoms with Crippen molar-refractivity contribution in [2.45, 2.75) is 65.3 Å². The molecule has 1 N–H and O–H groups in total. The molecule has 19 heavy (non-hydrogen) atoms. The van der Waals surface area contributed by atoms with Crippen LogP contribution < -0.4 is 5.32 Å². The predicted molar refractivity (Wildman–Crippen MR) is 84.8 cm³/mol. The van der Waals surface area contributed by atoms with Gasteiger partial charge >= 0.3 is 5.97 Å². The van der Waals surface area contributed by atoms with E-state index in [0.717, 1.165) is 25.8 Å². The molecule has 3 nitrogen and oxygen atoms in total. The lowest BCUT2D eigenvalue weighted by Gasteiger charge is -2.28. The monoisotopic (exact) mass is 289 g/mol. The molecule has 0 saturated heterocycles. The number of carbonyl (C=O) groups is 1. The van der Waals surface area contributed by atoms with Crippen molar-refractivity contribution in [3.8, 4) is 0 Å². The minimum atomic E-state index is -0.512. The van der Waals surface area contributed by atoms with Crippen molar-refractivity contribution < 1.29 is 9.53 Å². The molecule has 0 saturated carbocycles. The van der Waals surface area contributed by atoms with Crippen molar-refractivity contribution in [3.05, 3.63) is 0 Å². The maximum atomic E-state index is 12.0. The van der Waals surface area contributed by atoms with Crippen LogP contribution in [0.2, 0.25) is 0 Å². The molecule has 4 heteroatoms. The second-order valence-corrected chi connectivity index (χ2v) is 6.27. The fraction of sp³-hybridized carbons (Fsp3) is 0.933. The van der Waals surface area contributed by atoms with Crippen LogP contribution in [0, 0.1) is 0 Å². The van der Waals surface area contributed by atoms with Crippen LogP contribution in [-0.2, 0) is 9.53 Å². The van der Waals surface area contributed by atoms with Crippen LogP contribution in [0.1, 0.15) is 59.8 Å².